The standard InChI is InChI=1S/C30H37F3N6O3/c1-19-5-2-6-24(25(19)30(31,32)33)36-14-9-22-23(17-36)34-27(42-18-29-10-3-12-38(29)13-4-11-29)35-26(22)37-15-20-7-8-21(16-37)39(20)28(40)41/h2,5-6,20-21H,3-4,7-18H2,1H3,(H,40,41)/t20-,21+. The van der Waals surface area contributed by atoms with Crippen LogP contribution in [0.2, 0.25) is 0 Å². The molecule has 2 atom stereocenters. The van der Waals surface area contributed by atoms with Crippen molar-refractivity contribution >= 4 is 17.6 Å². The summed E-state index contributed by atoms with van der Waals surface area (Å²) < 4.78 is 48.7. The SMILES string of the molecule is Cc1cccc(N2CCc3c(nc(OCC45CCCN4CCC5)nc3N3C[C@H]4CC[C@@H](C3)N4C(=O)O)C2)c1C(F)(F)F. The van der Waals surface area contributed by atoms with Crippen LogP contribution in [0.1, 0.15) is 60.9 Å². The van der Waals surface area contributed by atoms with E-state index in [0.29, 0.717) is 38.4 Å². The van der Waals surface area contributed by atoms with Crippen LogP contribution >= 0.6 is 0 Å². The molecule has 42 heavy (non-hydrogen) atoms. The molecule has 0 unspecified atom stereocenters. The third-order valence-corrected chi connectivity index (χ3v) is 10.2. The Morgan fingerprint density at radius 1 is 1.07 bits per heavy atom. The maximum absolute atomic E-state index is 14.1. The number of anilines is 2. The number of aryl methyl sites for hydroxylation is 1. The fourth-order valence-electron chi connectivity index (χ4n) is 8.25. The number of halogens is 3. The van der Waals surface area contributed by atoms with Crippen LogP contribution in [-0.4, -0.2) is 87.9 Å². The molecule has 1 amide bonds. The lowest BCUT2D eigenvalue weighted by atomic mass is 9.95. The van der Waals surface area contributed by atoms with Crippen LogP contribution in [0, 0.1) is 6.92 Å². The van der Waals surface area contributed by atoms with E-state index in [0.717, 1.165) is 63.0 Å². The molecular formula is C30H37F3N6O3. The molecule has 5 aliphatic heterocycles. The van der Waals surface area contributed by atoms with Crippen LogP contribution < -0.4 is 14.5 Å². The molecule has 2 aromatic rings. The second-order valence-corrected chi connectivity index (χ2v) is 12.6. The topological polar surface area (TPSA) is 85.3 Å². The Hall–Kier alpha value is -3.28. The number of ether oxygens (including phenoxy) is 1. The smallest absolute Gasteiger partial charge is 0.418 e. The van der Waals surface area contributed by atoms with Crippen LogP contribution in [0.5, 0.6) is 6.01 Å². The number of hydrogen-bond donors (Lipinski definition) is 1. The maximum atomic E-state index is 14.1. The number of fused-ring (bicyclic) bond motifs is 4. The van der Waals surface area contributed by atoms with Gasteiger partial charge in [0.05, 0.1) is 35.4 Å². The van der Waals surface area contributed by atoms with Crippen molar-refractivity contribution < 1.29 is 27.8 Å². The predicted octanol–water partition coefficient (Wildman–Crippen LogP) is 4.70. The van der Waals surface area contributed by atoms with E-state index in [1.54, 1.807) is 15.9 Å². The lowest BCUT2D eigenvalue weighted by Crippen LogP contribution is -2.56. The van der Waals surface area contributed by atoms with Gasteiger partial charge in [-0.3, -0.25) is 9.80 Å². The van der Waals surface area contributed by atoms with Crippen LogP contribution in [0.25, 0.3) is 0 Å². The highest BCUT2D eigenvalue weighted by Crippen LogP contribution is 2.42. The molecule has 0 saturated carbocycles. The zero-order chi connectivity index (χ0) is 29.2. The molecular weight excluding hydrogens is 549 g/mol. The summed E-state index contributed by atoms with van der Waals surface area (Å²) in [7, 11) is 0. The van der Waals surface area contributed by atoms with Gasteiger partial charge in [0, 0.05) is 30.9 Å². The zero-order valence-electron chi connectivity index (χ0n) is 23.9. The van der Waals surface area contributed by atoms with Gasteiger partial charge in [-0.05, 0) is 76.6 Å². The summed E-state index contributed by atoms with van der Waals surface area (Å²) in [5.41, 5.74) is 1.35. The Kier molecular flexibility index (Phi) is 6.67. The number of benzene rings is 1. The first-order valence-corrected chi connectivity index (χ1v) is 15.1. The molecule has 0 aliphatic carbocycles. The van der Waals surface area contributed by atoms with Gasteiger partial charge in [-0.25, -0.2) is 4.79 Å². The Morgan fingerprint density at radius 2 is 1.79 bits per heavy atom. The highest BCUT2D eigenvalue weighted by Gasteiger charge is 2.46. The summed E-state index contributed by atoms with van der Waals surface area (Å²) in [5, 5.41) is 9.77. The number of hydrogen-bond acceptors (Lipinski definition) is 7. The van der Waals surface area contributed by atoms with Crippen LogP contribution in [0.15, 0.2) is 18.2 Å². The molecule has 0 radical (unpaired) electrons. The van der Waals surface area contributed by atoms with Gasteiger partial charge in [0.15, 0.2) is 0 Å². The fourth-order valence-corrected chi connectivity index (χ4v) is 8.25. The van der Waals surface area contributed by atoms with E-state index >= 15 is 0 Å². The zero-order valence-corrected chi connectivity index (χ0v) is 23.9. The Morgan fingerprint density at radius 3 is 2.45 bits per heavy atom. The monoisotopic (exact) mass is 586 g/mol. The number of carboxylic acid groups (broad SMARTS) is 1. The average molecular weight is 587 g/mol. The summed E-state index contributed by atoms with van der Waals surface area (Å²) in [5.74, 6) is 0.740. The summed E-state index contributed by atoms with van der Waals surface area (Å²) in [4.78, 5) is 29.7. The van der Waals surface area contributed by atoms with E-state index in [9.17, 15) is 23.1 Å². The molecule has 1 aromatic carbocycles. The van der Waals surface area contributed by atoms with Crippen LogP contribution in [-0.2, 0) is 19.1 Å². The van der Waals surface area contributed by atoms with E-state index in [2.05, 4.69) is 9.80 Å². The number of nitrogens with zero attached hydrogens (tertiary/aromatic N) is 6. The Balaban J connectivity index is 1.23. The maximum Gasteiger partial charge on any atom is 0.418 e. The molecule has 7 rings (SSSR count). The summed E-state index contributed by atoms with van der Waals surface area (Å²) >= 11 is 0. The van der Waals surface area contributed by atoms with Crippen molar-refractivity contribution in [3.8, 4) is 6.01 Å². The number of carbonyl (C=O) groups is 1. The minimum atomic E-state index is -4.47. The van der Waals surface area contributed by atoms with Gasteiger partial charge in [-0.1, -0.05) is 12.1 Å². The molecule has 6 heterocycles. The normalized spacial score (nSPS) is 25.1. The minimum absolute atomic E-state index is 0.000852. The Bertz CT molecular complexity index is 1360. The number of amides is 1. The first-order chi connectivity index (χ1) is 20.1. The van der Waals surface area contributed by atoms with Crippen LogP contribution in [0.3, 0.4) is 0 Å². The fraction of sp³-hybridized carbons (Fsp3) is 0.633. The van der Waals surface area contributed by atoms with Crippen molar-refractivity contribution in [3.63, 3.8) is 0 Å². The predicted molar refractivity (Wildman–Crippen MR) is 150 cm³/mol. The molecule has 1 N–H and O–H groups in total. The van der Waals surface area contributed by atoms with Gasteiger partial charge in [0.25, 0.3) is 0 Å². The second-order valence-electron chi connectivity index (χ2n) is 12.6. The van der Waals surface area contributed by atoms with Crippen molar-refractivity contribution in [3.05, 3.63) is 40.6 Å². The molecule has 5 aliphatic rings. The molecule has 0 spiro atoms. The highest BCUT2D eigenvalue weighted by atomic mass is 19.4. The van der Waals surface area contributed by atoms with Crippen LogP contribution in [0.4, 0.5) is 29.5 Å². The Labute approximate surface area is 243 Å². The number of aromatic nitrogens is 2. The number of rotatable bonds is 5. The number of piperazine rings is 1. The van der Waals surface area contributed by atoms with Gasteiger partial charge in [-0.2, -0.15) is 23.1 Å². The first-order valence-electron chi connectivity index (χ1n) is 15.1. The van der Waals surface area contributed by atoms with E-state index < -0.39 is 17.8 Å². The lowest BCUT2D eigenvalue weighted by molar-refractivity contribution is -0.137. The van der Waals surface area contributed by atoms with Crippen molar-refractivity contribution in [1.82, 2.24) is 19.8 Å². The minimum Gasteiger partial charge on any atom is -0.465 e. The second kappa shape index (κ2) is 10.2. The van der Waals surface area contributed by atoms with Crippen molar-refractivity contribution in [1.29, 1.82) is 0 Å². The molecule has 12 heteroatoms. The summed E-state index contributed by atoms with van der Waals surface area (Å²) in [6, 6.07) is 4.74. The van der Waals surface area contributed by atoms with E-state index in [4.69, 9.17) is 14.7 Å². The van der Waals surface area contributed by atoms with Gasteiger partial charge < -0.3 is 19.6 Å². The van der Waals surface area contributed by atoms with Crippen molar-refractivity contribution in [2.24, 2.45) is 0 Å². The average Bonchev–Trinajstić information content (AvgIpc) is 3.61. The van der Waals surface area contributed by atoms with Gasteiger partial charge in [0.2, 0.25) is 0 Å². The van der Waals surface area contributed by atoms with Gasteiger partial charge in [-0.15, -0.1) is 0 Å². The van der Waals surface area contributed by atoms with Crippen molar-refractivity contribution in [2.45, 2.75) is 82.2 Å². The van der Waals surface area contributed by atoms with E-state index in [1.165, 1.54) is 19.1 Å². The van der Waals surface area contributed by atoms with E-state index in [1.807, 2.05) is 0 Å². The highest BCUT2D eigenvalue weighted by molar-refractivity contribution is 5.68. The first kappa shape index (κ1) is 27.5. The molecule has 4 fully saturated rings. The third-order valence-electron chi connectivity index (χ3n) is 10.2. The molecule has 4 saturated heterocycles. The molecule has 9 nitrogen and oxygen atoms in total. The summed E-state index contributed by atoms with van der Waals surface area (Å²) in [6.45, 7) is 5.81. The van der Waals surface area contributed by atoms with E-state index in [-0.39, 0.29) is 41.4 Å². The third kappa shape index (κ3) is 4.62. The lowest BCUT2D eigenvalue weighted by Gasteiger charge is -2.41. The van der Waals surface area contributed by atoms with Gasteiger partial charge >= 0.3 is 18.3 Å². The largest absolute Gasteiger partial charge is 0.465 e. The quantitative estimate of drug-likeness (QED) is 0.540. The van der Waals surface area contributed by atoms with Gasteiger partial charge in [0.1, 0.15) is 12.4 Å². The molecule has 1 aromatic heterocycles. The summed E-state index contributed by atoms with van der Waals surface area (Å²) in [6.07, 6.45) is 1.19. The molecule has 2 bridgehead atoms. The number of alkyl halides is 3. The van der Waals surface area contributed by atoms with Crippen molar-refractivity contribution in [2.75, 3.05) is 49.1 Å². The molecule has 226 valence electrons.